The van der Waals surface area contributed by atoms with Crippen molar-refractivity contribution in [1.29, 1.82) is 0 Å². The molecule has 10 atom stereocenters. The SMILES string of the molecule is O=C([O-])C(O)[C@H]1O[C@@H](n2cnc3c(O)nc(SCc4ccco4)nc32)[C@H](O)[C@@H]1O.O=C([O-])C(O)[C@H]1O[C@@H](n2cnc3c(O)nc(SCc4ccco4)nc32)[C@H](O)[C@@H]1O.[Na+].[Na+]. The van der Waals surface area contributed by atoms with Crippen molar-refractivity contribution in [2.45, 2.75) is 83.1 Å². The van der Waals surface area contributed by atoms with Crippen molar-refractivity contribution in [2.24, 2.45) is 0 Å². The quantitative estimate of drug-likeness (QED) is 0.0321. The van der Waals surface area contributed by atoms with Crippen molar-refractivity contribution in [3.05, 3.63) is 61.0 Å². The number of carboxylic acid groups (broad SMARTS) is 2. The molecule has 0 amide bonds. The molecule has 0 saturated carbocycles. The number of rotatable bonds is 12. The molecule has 0 aliphatic carbocycles. The van der Waals surface area contributed by atoms with E-state index >= 15 is 0 Å². The number of aliphatic carboxylic acids is 2. The van der Waals surface area contributed by atoms with E-state index in [0.29, 0.717) is 23.0 Å². The number of ether oxygens (including phenoxy) is 2. The zero-order valence-corrected chi connectivity index (χ0v) is 36.7. The Morgan fingerprint density at radius 3 is 1.38 bits per heavy atom. The Balaban J connectivity index is 0.000000220. The molecule has 2 aliphatic rings. The van der Waals surface area contributed by atoms with E-state index in [9.17, 15) is 60.7 Å². The second kappa shape index (κ2) is 20.2. The molecule has 8 rings (SSSR count). The number of hydrogen-bond acceptors (Lipinski definition) is 24. The Kier molecular flexibility index (Phi) is 16.0. The summed E-state index contributed by atoms with van der Waals surface area (Å²) in [5.41, 5.74) is 0.196. The van der Waals surface area contributed by atoms with Gasteiger partial charge in [0.25, 0.3) is 0 Å². The van der Waals surface area contributed by atoms with Crippen LogP contribution < -0.4 is 69.3 Å². The molecule has 0 bridgehead atoms. The second-order valence-electron chi connectivity index (χ2n) is 12.5. The molecule has 6 aromatic heterocycles. The first-order chi connectivity index (χ1) is 27.7. The summed E-state index contributed by atoms with van der Waals surface area (Å²) in [6.45, 7) is 0. The van der Waals surface area contributed by atoms with Gasteiger partial charge in [-0.3, -0.25) is 9.13 Å². The zero-order valence-electron chi connectivity index (χ0n) is 31.0. The number of fused-ring (bicyclic) bond motifs is 2. The number of carbonyl (C=O) groups excluding carboxylic acids is 2. The minimum absolute atomic E-state index is 0. The molecule has 0 radical (unpaired) electrons. The molecule has 308 valence electrons. The largest absolute Gasteiger partial charge is 1.00 e. The molecule has 0 aromatic carbocycles. The van der Waals surface area contributed by atoms with Gasteiger partial charge in [-0.15, -0.1) is 0 Å². The van der Waals surface area contributed by atoms with Crippen LogP contribution >= 0.6 is 23.5 Å². The van der Waals surface area contributed by atoms with E-state index in [0.717, 1.165) is 0 Å². The number of aliphatic hydroxyl groups is 6. The van der Waals surface area contributed by atoms with Crippen molar-refractivity contribution < 1.29 is 138 Å². The van der Waals surface area contributed by atoms with Crippen LogP contribution in [0.15, 0.2) is 68.6 Å². The van der Waals surface area contributed by atoms with Crippen LogP contribution in [0, 0.1) is 0 Å². The monoisotopic (exact) mass is 892 g/mol. The summed E-state index contributed by atoms with van der Waals surface area (Å²) in [5, 5.41) is 102. The maximum absolute atomic E-state index is 10.9. The van der Waals surface area contributed by atoms with Gasteiger partial charge in [0.1, 0.15) is 60.4 Å². The molecule has 2 fully saturated rings. The van der Waals surface area contributed by atoms with Crippen molar-refractivity contribution in [3.63, 3.8) is 0 Å². The van der Waals surface area contributed by atoms with E-state index in [-0.39, 0.29) is 91.8 Å². The van der Waals surface area contributed by atoms with Gasteiger partial charge in [0.05, 0.1) is 48.6 Å². The third-order valence-electron chi connectivity index (χ3n) is 8.82. The number of hydrogen-bond donors (Lipinski definition) is 8. The molecule has 8 N–H and O–H groups in total. The van der Waals surface area contributed by atoms with Gasteiger partial charge >= 0.3 is 59.1 Å². The molecule has 2 aliphatic heterocycles. The van der Waals surface area contributed by atoms with Crippen LogP contribution in [-0.2, 0) is 30.6 Å². The first kappa shape index (κ1) is 47.6. The summed E-state index contributed by atoms with van der Waals surface area (Å²) in [5.74, 6) is -2.39. The molecule has 24 nitrogen and oxygen atoms in total. The van der Waals surface area contributed by atoms with Crippen LogP contribution in [0.4, 0.5) is 0 Å². The van der Waals surface area contributed by atoms with E-state index in [1.54, 1.807) is 24.3 Å². The van der Waals surface area contributed by atoms with E-state index in [2.05, 4.69) is 29.9 Å². The number of aromatic nitrogens is 8. The first-order valence-electron chi connectivity index (χ1n) is 16.7. The third kappa shape index (κ3) is 9.78. The summed E-state index contributed by atoms with van der Waals surface area (Å²) in [6, 6.07) is 6.99. The summed E-state index contributed by atoms with van der Waals surface area (Å²) >= 11 is 2.35. The zero-order chi connectivity index (χ0) is 41.4. The van der Waals surface area contributed by atoms with Crippen LogP contribution in [0.25, 0.3) is 22.3 Å². The number of carbonyl (C=O) groups is 2. The number of aliphatic hydroxyl groups excluding tert-OH is 6. The van der Waals surface area contributed by atoms with Gasteiger partial charge in [-0.1, -0.05) is 23.5 Å². The van der Waals surface area contributed by atoms with Gasteiger partial charge in [0.2, 0.25) is 11.8 Å². The Morgan fingerprint density at radius 2 is 1.05 bits per heavy atom. The number of thioether (sulfide) groups is 2. The summed E-state index contributed by atoms with van der Waals surface area (Å²) in [7, 11) is 0. The van der Waals surface area contributed by atoms with Crippen LogP contribution in [0.5, 0.6) is 11.8 Å². The molecule has 60 heavy (non-hydrogen) atoms. The van der Waals surface area contributed by atoms with Gasteiger partial charge in [-0.25, -0.2) is 19.9 Å². The summed E-state index contributed by atoms with van der Waals surface area (Å²) < 4.78 is 23.6. The molecule has 8 heterocycles. The average molecular weight is 893 g/mol. The fraction of sp³-hybridized carbons (Fsp3) is 0.375. The van der Waals surface area contributed by atoms with Gasteiger partial charge in [0.15, 0.2) is 45.1 Å². The minimum atomic E-state index is -2.15. The fourth-order valence-electron chi connectivity index (χ4n) is 5.95. The smallest absolute Gasteiger partial charge is 0.547 e. The average Bonchev–Trinajstić information content (AvgIpc) is 4.06. The van der Waals surface area contributed by atoms with Crippen LogP contribution in [0.1, 0.15) is 24.0 Å². The molecule has 28 heteroatoms. The Bertz CT molecular complexity index is 2230. The van der Waals surface area contributed by atoms with Crippen molar-refractivity contribution in [2.75, 3.05) is 0 Å². The predicted octanol–water partition coefficient (Wildman–Crippen LogP) is -9.70. The van der Waals surface area contributed by atoms with Gasteiger partial charge < -0.3 is 79.0 Å². The Hall–Kier alpha value is -3.42. The molecular weight excluding hydrogens is 863 g/mol. The number of carboxylic acids is 2. The topological polar surface area (TPSA) is 374 Å². The Morgan fingerprint density at radius 1 is 0.667 bits per heavy atom. The molecule has 0 spiro atoms. The number of imidazole rings is 2. The van der Waals surface area contributed by atoms with Gasteiger partial charge in [-0.2, -0.15) is 9.97 Å². The third-order valence-corrected chi connectivity index (χ3v) is 10.6. The molecule has 6 aromatic rings. The predicted molar refractivity (Wildman–Crippen MR) is 184 cm³/mol. The standard InChI is InChI=1S/2C16H16N4O8S.2Na/c2*21-8-9(22)14(28-11(8)10(23)15(25)26)20-5-17-7-12(20)18-16(19-13(7)24)29-4-6-2-1-3-27-6;;/h2*1-3,5,8-11,14,21-23H,4H2,(H,25,26)(H,18,19,24);;/q;;2*+1/p-2/t2*8-,9+,10?,11-,14+;;/m00../s1. The summed E-state index contributed by atoms with van der Waals surface area (Å²) in [4.78, 5) is 46.2. The maximum Gasteiger partial charge on any atom is 1.00 e. The number of nitrogens with zero attached hydrogens (tertiary/aromatic N) is 8. The van der Waals surface area contributed by atoms with Gasteiger partial charge in [-0.05, 0) is 24.3 Å². The van der Waals surface area contributed by atoms with E-state index in [1.807, 2.05) is 0 Å². The normalized spacial score (nSPS) is 24.6. The summed E-state index contributed by atoms with van der Waals surface area (Å²) in [6.07, 6.45) is -11.3. The van der Waals surface area contributed by atoms with Crippen molar-refractivity contribution >= 4 is 57.8 Å². The van der Waals surface area contributed by atoms with Crippen LogP contribution in [0.2, 0.25) is 0 Å². The maximum atomic E-state index is 10.9. The Labute approximate surface area is 387 Å². The van der Waals surface area contributed by atoms with Gasteiger partial charge in [0, 0.05) is 0 Å². The molecule has 2 saturated heterocycles. The van der Waals surface area contributed by atoms with Crippen LogP contribution in [0.3, 0.4) is 0 Å². The second-order valence-corrected chi connectivity index (χ2v) is 14.4. The first-order valence-corrected chi connectivity index (χ1v) is 18.7. The number of aromatic hydroxyl groups is 2. The van der Waals surface area contributed by atoms with Crippen molar-refractivity contribution in [1.82, 2.24) is 39.0 Å². The number of furan rings is 2. The van der Waals surface area contributed by atoms with E-state index in [1.165, 1.54) is 57.8 Å². The molecule has 2 unspecified atom stereocenters. The van der Waals surface area contributed by atoms with Crippen LogP contribution in [-0.4, -0.2) is 141 Å². The van der Waals surface area contributed by atoms with E-state index in [4.69, 9.17) is 18.3 Å². The van der Waals surface area contributed by atoms with E-state index < -0.39 is 85.0 Å². The van der Waals surface area contributed by atoms with Crippen molar-refractivity contribution in [3.8, 4) is 11.8 Å². The molecular formula is C32H30N8Na2O16S2. The fourth-order valence-corrected chi connectivity index (χ4v) is 7.42. The minimum Gasteiger partial charge on any atom is -0.547 e.